The van der Waals surface area contributed by atoms with Crippen LogP contribution in [0.2, 0.25) is 5.02 Å². The van der Waals surface area contributed by atoms with Gasteiger partial charge in [-0.2, -0.15) is 0 Å². The molecule has 2 saturated heterocycles. The van der Waals surface area contributed by atoms with Crippen molar-refractivity contribution in [3.05, 3.63) is 53.1 Å². The van der Waals surface area contributed by atoms with Crippen LogP contribution in [0.1, 0.15) is 25.3 Å². The standard InChI is InChI=1S/C27H32ClN3O4S/c1-3-12-29-13-5-10-19-20(24(29)33)21-25(34)31(15-7-16-32)23-26(35)30(14-6-11-27(21,23)36-19)22-17(2)8-4-9-18(22)28/h4-6,8-11,19-21,23,32H,3,7,12-16H2,1-2H3/t19-,20+,21+,23?,27+/m1/s1. The van der Waals surface area contributed by atoms with Gasteiger partial charge in [0.2, 0.25) is 11.8 Å². The predicted molar refractivity (Wildman–Crippen MR) is 142 cm³/mol. The highest BCUT2D eigenvalue weighted by atomic mass is 35.5. The molecule has 1 aromatic carbocycles. The molecule has 0 bridgehead atoms. The van der Waals surface area contributed by atoms with Crippen LogP contribution in [-0.2, 0) is 14.4 Å². The highest BCUT2D eigenvalue weighted by Gasteiger charge is 2.71. The number of fused-ring (bicyclic) bond motifs is 2. The first-order valence-electron chi connectivity index (χ1n) is 12.6. The van der Waals surface area contributed by atoms with Crippen molar-refractivity contribution in [1.82, 2.24) is 9.80 Å². The molecule has 36 heavy (non-hydrogen) atoms. The number of benzene rings is 1. The first kappa shape index (κ1) is 25.4. The molecule has 1 spiro atoms. The fraction of sp³-hybridized carbons (Fsp3) is 0.519. The number of carbonyl (C=O) groups excluding carboxylic acids is 3. The summed E-state index contributed by atoms with van der Waals surface area (Å²) in [5, 5.41) is 9.86. The van der Waals surface area contributed by atoms with Crippen LogP contribution in [-0.4, -0.2) is 81.5 Å². The summed E-state index contributed by atoms with van der Waals surface area (Å²) in [7, 11) is 0. The number of carbonyl (C=O) groups is 3. The Morgan fingerprint density at radius 3 is 2.64 bits per heavy atom. The predicted octanol–water partition coefficient (Wildman–Crippen LogP) is 3.04. The Morgan fingerprint density at radius 2 is 1.92 bits per heavy atom. The zero-order chi connectivity index (χ0) is 25.6. The second-order valence-corrected chi connectivity index (χ2v) is 11.8. The molecule has 0 saturated carbocycles. The van der Waals surface area contributed by atoms with E-state index in [1.807, 2.05) is 49.1 Å². The third-order valence-electron chi connectivity index (χ3n) is 7.75. The first-order valence-corrected chi connectivity index (χ1v) is 13.9. The topological polar surface area (TPSA) is 81.2 Å². The van der Waals surface area contributed by atoms with E-state index >= 15 is 0 Å². The van der Waals surface area contributed by atoms with E-state index in [0.29, 0.717) is 36.8 Å². The number of anilines is 1. The second-order valence-electron chi connectivity index (χ2n) is 9.92. The van der Waals surface area contributed by atoms with Crippen LogP contribution in [0, 0.1) is 18.8 Å². The van der Waals surface area contributed by atoms with Gasteiger partial charge in [0.25, 0.3) is 5.91 Å². The van der Waals surface area contributed by atoms with Gasteiger partial charge in [0.1, 0.15) is 6.04 Å². The van der Waals surface area contributed by atoms with E-state index in [-0.39, 0.29) is 36.1 Å². The Labute approximate surface area is 221 Å². The number of aryl methyl sites for hydroxylation is 1. The van der Waals surface area contributed by atoms with Gasteiger partial charge < -0.3 is 19.8 Å². The molecule has 0 radical (unpaired) electrons. The number of likely N-dealkylation sites (tertiary alicyclic amines) is 1. The highest BCUT2D eigenvalue weighted by molar-refractivity contribution is 8.02. The summed E-state index contributed by atoms with van der Waals surface area (Å²) in [6, 6.07) is 4.75. The maximum atomic E-state index is 14.4. The number of aliphatic hydroxyl groups excluding tert-OH is 1. The number of hydrogen-bond donors (Lipinski definition) is 1. The lowest BCUT2D eigenvalue weighted by atomic mass is 9.78. The van der Waals surface area contributed by atoms with Gasteiger partial charge in [-0.3, -0.25) is 14.4 Å². The zero-order valence-corrected chi connectivity index (χ0v) is 22.2. The summed E-state index contributed by atoms with van der Waals surface area (Å²) in [6.45, 7) is 5.63. The Kier molecular flexibility index (Phi) is 6.96. The summed E-state index contributed by atoms with van der Waals surface area (Å²) in [5.74, 6) is -1.56. The molecule has 1 aromatic rings. The average Bonchev–Trinajstić information content (AvgIpc) is 3.16. The van der Waals surface area contributed by atoms with Gasteiger partial charge in [0.05, 0.1) is 27.3 Å². The van der Waals surface area contributed by atoms with Crippen molar-refractivity contribution >= 4 is 46.8 Å². The maximum Gasteiger partial charge on any atom is 0.251 e. The molecule has 4 aliphatic rings. The normalized spacial score (nSPS) is 31.4. The van der Waals surface area contributed by atoms with Gasteiger partial charge in [-0.25, -0.2) is 0 Å². The van der Waals surface area contributed by atoms with Gasteiger partial charge in [0, 0.05) is 38.0 Å². The molecule has 2 fully saturated rings. The summed E-state index contributed by atoms with van der Waals surface area (Å²) in [6.07, 6.45) is 9.23. The van der Waals surface area contributed by atoms with Crippen LogP contribution in [0.15, 0.2) is 42.5 Å². The largest absolute Gasteiger partial charge is 0.396 e. The van der Waals surface area contributed by atoms with E-state index in [0.717, 1.165) is 12.0 Å². The van der Waals surface area contributed by atoms with Crippen molar-refractivity contribution in [3.8, 4) is 0 Å². The molecule has 192 valence electrons. The zero-order valence-electron chi connectivity index (χ0n) is 20.6. The number of nitrogens with zero attached hydrogens (tertiary/aromatic N) is 3. The number of amides is 3. The van der Waals surface area contributed by atoms with Crippen molar-refractivity contribution in [2.45, 2.75) is 42.7 Å². The van der Waals surface area contributed by atoms with Gasteiger partial charge in [0.15, 0.2) is 0 Å². The van der Waals surface area contributed by atoms with Gasteiger partial charge in [-0.1, -0.05) is 55.0 Å². The fourth-order valence-corrected chi connectivity index (χ4v) is 8.64. The molecule has 0 aromatic heterocycles. The molecule has 1 N–H and O–H groups in total. The highest BCUT2D eigenvalue weighted by Crippen LogP contribution is 2.61. The summed E-state index contributed by atoms with van der Waals surface area (Å²) >= 11 is 8.14. The number of para-hydroxylation sites is 1. The minimum Gasteiger partial charge on any atom is -0.396 e. The van der Waals surface area contributed by atoms with Gasteiger partial charge in [-0.05, 0) is 31.4 Å². The Bertz CT molecular complexity index is 1120. The number of aliphatic hydroxyl groups is 1. The lowest BCUT2D eigenvalue weighted by Crippen LogP contribution is -2.53. The van der Waals surface area contributed by atoms with Crippen LogP contribution in [0.3, 0.4) is 0 Å². The number of hydrogen-bond acceptors (Lipinski definition) is 5. The minimum absolute atomic E-state index is 0.0127. The van der Waals surface area contributed by atoms with Crippen molar-refractivity contribution in [1.29, 1.82) is 0 Å². The van der Waals surface area contributed by atoms with Gasteiger partial charge >= 0.3 is 0 Å². The number of rotatable bonds is 6. The van der Waals surface area contributed by atoms with Gasteiger partial charge in [-0.15, -0.1) is 11.8 Å². The van der Waals surface area contributed by atoms with E-state index in [1.54, 1.807) is 27.6 Å². The molecule has 4 heterocycles. The molecule has 4 aliphatic heterocycles. The first-order chi connectivity index (χ1) is 17.4. The van der Waals surface area contributed by atoms with Crippen LogP contribution >= 0.6 is 23.4 Å². The Hall–Kier alpha value is -2.29. The molecule has 1 unspecified atom stereocenters. The average molecular weight is 530 g/mol. The summed E-state index contributed by atoms with van der Waals surface area (Å²) < 4.78 is -0.863. The van der Waals surface area contributed by atoms with Crippen molar-refractivity contribution < 1.29 is 19.5 Å². The number of thioether (sulfide) groups is 1. The molecule has 5 rings (SSSR count). The van der Waals surface area contributed by atoms with Crippen molar-refractivity contribution in [3.63, 3.8) is 0 Å². The molecule has 0 aliphatic carbocycles. The Balaban J connectivity index is 1.62. The van der Waals surface area contributed by atoms with Crippen LogP contribution in [0.5, 0.6) is 0 Å². The van der Waals surface area contributed by atoms with Crippen LogP contribution in [0.4, 0.5) is 5.69 Å². The lowest BCUT2D eigenvalue weighted by molar-refractivity contribution is -0.142. The minimum atomic E-state index is -0.863. The van der Waals surface area contributed by atoms with E-state index in [1.165, 1.54) is 0 Å². The summed E-state index contributed by atoms with van der Waals surface area (Å²) in [5.41, 5.74) is 1.52. The third-order valence-corrected chi connectivity index (χ3v) is 9.80. The molecule has 5 atom stereocenters. The van der Waals surface area contributed by atoms with Crippen molar-refractivity contribution in [2.24, 2.45) is 11.8 Å². The van der Waals surface area contributed by atoms with Crippen LogP contribution < -0.4 is 4.90 Å². The molecule has 9 heteroatoms. The lowest BCUT2D eigenvalue weighted by Gasteiger charge is -2.35. The Morgan fingerprint density at radius 1 is 1.11 bits per heavy atom. The molecule has 7 nitrogen and oxygen atoms in total. The molecular formula is C27H32ClN3O4S. The fourth-order valence-electron chi connectivity index (χ4n) is 6.31. The maximum absolute atomic E-state index is 14.4. The second kappa shape index (κ2) is 9.88. The number of halogens is 1. The molecular weight excluding hydrogens is 498 g/mol. The summed E-state index contributed by atoms with van der Waals surface area (Å²) in [4.78, 5) is 47.3. The molecule has 3 amide bonds. The van der Waals surface area contributed by atoms with E-state index < -0.39 is 22.6 Å². The third kappa shape index (κ3) is 3.80. The van der Waals surface area contributed by atoms with Crippen LogP contribution in [0.25, 0.3) is 0 Å². The van der Waals surface area contributed by atoms with E-state index in [4.69, 9.17) is 11.6 Å². The SMILES string of the molecule is CCCN1CC=C[C@H]2S[C@]34C=CCN(c5c(C)cccc5Cl)C(=O)C3N(CCCO)C(=O)[C@@H]4[C@H]2C1=O. The van der Waals surface area contributed by atoms with E-state index in [2.05, 4.69) is 6.08 Å². The monoisotopic (exact) mass is 529 g/mol. The quantitative estimate of drug-likeness (QED) is 0.573. The smallest absolute Gasteiger partial charge is 0.251 e. The van der Waals surface area contributed by atoms with E-state index in [9.17, 15) is 19.5 Å². The van der Waals surface area contributed by atoms with Crippen molar-refractivity contribution in [2.75, 3.05) is 37.7 Å².